The zero-order valence-electron chi connectivity index (χ0n) is 5.21. The zero-order valence-corrected chi connectivity index (χ0v) is 5.21. The van der Waals surface area contributed by atoms with Gasteiger partial charge in [-0.3, -0.25) is 0 Å². The average molecular weight is 133 g/mol. The number of nitrogens with two attached hydrogens (primary N) is 1. The first-order valence-electron chi connectivity index (χ1n) is 2.98. The molecule has 0 spiro atoms. The van der Waals surface area contributed by atoms with E-state index in [0.717, 1.165) is 0 Å². The fraction of sp³-hybridized carbons (Fsp3) is 1.00. The Morgan fingerprint density at radius 1 is 1.44 bits per heavy atom. The fourth-order valence-corrected chi connectivity index (χ4v) is 0.597. The Kier molecular flexibility index (Phi) is 2.93. The molecule has 0 aromatic rings. The van der Waals surface area contributed by atoms with E-state index >= 15 is 0 Å². The fourth-order valence-electron chi connectivity index (χ4n) is 0.597. The van der Waals surface area contributed by atoms with E-state index < -0.39 is 6.48 Å². The number of rotatable bonds is 3. The summed E-state index contributed by atoms with van der Waals surface area (Å²) >= 11 is 0. The first-order valence-corrected chi connectivity index (χ1v) is 2.98. The molecular formula is C5H11NO3. The van der Waals surface area contributed by atoms with Crippen LogP contribution in [0.3, 0.4) is 0 Å². The molecule has 0 aliphatic carbocycles. The van der Waals surface area contributed by atoms with Crippen LogP contribution in [0, 0.1) is 0 Å². The molecule has 2 N–H and O–H groups in total. The third-order valence-electron chi connectivity index (χ3n) is 0.963. The van der Waals surface area contributed by atoms with Gasteiger partial charge >= 0.3 is 0 Å². The van der Waals surface area contributed by atoms with Gasteiger partial charge in [-0.25, -0.2) is 0 Å². The van der Waals surface area contributed by atoms with Crippen LogP contribution in [-0.4, -0.2) is 32.8 Å². The van der Waals surface area contributed by atoms with Gasteiger partial charge in [0.1, 0.15) is 0 Å². The third-order valence-corrected chi connectivity index (χ3v) is 0.963. The van der Waals surface area contributed by atoms with Crippen LogP contribution in [-0.2, 0) is 14.2 Å². The largest absolute Gasteiger partial charge is 0.329 e. The summed E-state index contributed by atoms with van der Waals surface area (Å²) in [7, 11) is 0. The van der Waals surface area contributed by atoms with Crippen LogP contribution in [0.15, 0.2) is 0 Å². The van der Waals surface area contributed by atoms with E-state index in [1.54, 1.807) is 0 Å². The maximum atomic E-state index is 5.17. The summed E-state index contributed by atoms with van der Waals surface area (Å²) in [6, 6.07) is 0. The molecule has 0 radical (unpaired) electrons. The molecule has 9 heavy (non-hydrogen) atoms. The maximum absolute atomic E-state index is 5.17. The molecule has 0 aromatic heterocycles. The van der Waals surface area contributed by atoms with E-state index in [-0.39, 0.29) is 0 Å². The molecule has 0 atom stereocenters. The van der Waals surface area contributed by atoms with Gasteiger partial charge in [0.25, 0.3) is 6.48 Å². The second kappa shape index (κ2) is 3.79. The van der Waals surface area contributed by atoms with E-state index in [9.17, 15) is 0 Å². The van der Waals surface area contributed by atoms with Gasteiger partial charge in [0.2, 0.25) is 0 Å². The van der Waals surface area contributed by atoms with Crippen molar-refractivity contribution < 1.29 is 14.2 Å². The Morgan fingerprint density at radius 2 is 2.11 bits per heavy atom. The van der Waals surface area contributed by atoms with E-state index in [1.165, 1.54) is 0 Å². The highest BCUT2D eigenvalue weighted by Gasteiger charge is 2.14. The lowest BCUT2D eigenvalue weighted by Crippen LogP contribution is -2.18. The van der Waals surface area contributed by atoms with Crippen LogP contribution < -0.4 is 5.73 Å². The molecule has 0 saturated carbocycles. The molecule has 1 fully saturated rings. The van der Waals surface area contributed by atoms with Gasteiger partial charge in [0.05, 0.1) is 19.8 Å². The van der Waals surface area contributed by atoms with Gasteiger partial charge < -0.3 is 19.9 Å². The topological polar surface area (TPSA) is 53.7 Å². The standard InChI is InChI=1S/C5H11NO3/c6-1-2-7-5-8-3-4-9-5/h5H,1-4,6H2. The molecule has 1 saturated heterocycles. The molecule has 54 valence electrons. The molecule has 1 heterocycles. The maximum Gasteiger partial charge on any atom is 0.271 e. The van der Waals surface area contributed by atoms with Crippen molar-refractivity contribution in [1.29, 1.82) is 0 Å². The van der Waals surface area contributed by atoms with Crippen LogP contribution >= 0.6 is 0 Å². The van der Waals surface area contributed by atoms with Gasteiger partial charge in [0.15, 0.2) is 0 Å². The normalized spacial score (nSPS) is 21.0. The average Bonchev–Trinajstić information content (AvgIpc) is 2.34. The SMILES string of the molecule is NCCOC1OCCO1. The second-order valence-corrected chi connectivity index (χ2v) is 1.69. The minimum Gasteiger partial charge on any atom is -0.329 e. The molecule has 1 aliphatic heterocycles. The Hall–Kier alpha value is -0.160. The van der Waals surface area contributed by atoms with Gasteiger partial charge in [-0.2, -0.15) is 0 Å². The summed E-state index contributed by atoms with van der Waals surface area (Å²) in [4.78, 5) is 0. The monoisotopic (exact) mass is 133 g/mol. The number of hydrogen-bond acceptors (Lipinski definition) is 4. The first kappa shape index (κ1) is 6.95. The number of ether oxygens (including phenoxy) is 3. The van der Waals surface area contributed by atoms with E-state index in [1.807, 2.05) is 0 Å². The van der Waals surface area contributed by atoms with E-state index in [4.69, 9.17) is 19.9 Å². The number of hydrogen-bond donors (Lipinski definition) is 1. The highest BCUT2D eigenvalue weighted by atomic mass is 16.9. The van der Waals surface area contributed by atoms with Crippen molar-refractivity contribution in [3.05, 3.63) is 0 Å². The van der Waals surface area contributed by atoms with Gasteiger partial charge in [-0.1, -0.05) is 0 Å². The molecule has 4 nitrogen and oxygen atoms in total. The lowest BCUT2D eigenvalue weighted by molar-refractivity contribution is -0.228. The molecule has 0 amide bonds. The summed E-state index contributed by atoms with van der Waals surface area (Å²) in [5.74, 6) is 0. The van der Waals surface area contributed by atoms with Crippen LogP contribution in [0.5, 0.6) is 0 Å². The summed E-state index contributed by atoms with van der Waals surface area (Å²) < 4.78 is 14.9. The smallest absolute Gasteiger partial charge is 0.271 e. The first-order chi connectivity index (χ1) is 4.43. The summed E-state index contributed by atoms with van der Waals surface area (Å²) in [6.45, 7) is 1.77. The van der Waals surface area contributed by atoms with Gasteiger partial charge in [-0.05, 0) is 0 Å². The molecule has 1 aliphatic rings. The summed E-state index contributed by atoms with van der Waals surface area (Å²) in [6.07, 6.45) is 0. The van der Waals surface area contributed by atoms with Crippen molar-refractivity contribution in [3.63, 3.8) is 0 Å². The van der Waals surface area contributed by atoms with Crippen molar-refractivity contribution in [2.45, 2.75) is 6.48 Å². The van der Waals surface area contributed by atoms with Crippen molar-refractivity contribution >= 4 is 0 Å². The molecule has 0 bridgehead atoms. The highest BCUT2D eigenvalue weighted by Crippen LogP contribution is 2.03. The third kappa shape index (κ3) is 2.28. The Labute approximate surface area is 53.9 Å². The van der Waals surface area contributed by atoms with Crippen LogP contribution in [0.25, 0.3) is 0 Å². The van der Waals surface area contributed by atoms with Crippen molar-refractivity contribution in [1.82, 2.24) is 0 Å². The molecule has 0 unspecified atom stereocenters. The van der Waals surface area contributed by atoms with Crippen LogP contribution in [0.2, 0.25) is 0 Å². The lowest BCUT2D eigenvalue weighted by atomic mass is 10.7. The summed E-state index contributed by atoms with van der Waals surface area (Å²) in [5, 5.41) is 0. The van der Waals surface area contributed by atoms with Crippen LogP contribution in [0.1, 0.15) is 0 Å². The second-order valence-electron chi connectivity index (χ2n) is 1.69. The zero-order chi connectivity index (χ0) is 6.53. The van der Waals surface area contributed by atoms with Crippen molar-refractivity contribution in [3.8, 4) is 0 Å². The van der Waals surface area contributed by atoms with Gasteiger partial charge in [0, 0.05) is 6.54 Å². The molecule has 0 aromatic carbocycles. The molecular weight excluding hydrogens is 122 g/mol. The molecule has 1 rings (SSSR count). The quantitative estimate of drug-likeness (QED) is 0.552. The predicted molar refractivity (Wildman–Crippen MR) is 30.7 cm³/mol. The Morgan fingerprint density at radius 3 is 2.67 bits per heavy atom. The van der Waals surface area contributed by atoms with E-state index in [0.29, 0.717) is 26.4 Å². The predicted octanol–water partition coefficient (Wildman–Crippen LogP) is -0.708. The minimum absolute atomic E-state index is 0.464. The van der Waals surface area contributed by atoms with Crippen LogP contribution in [0.4, 0.5) is 0 Å². The van der Waals surface area contributed by atoms with Crippen molar-refractivity contribution in [2.24, 2.45) is 5.73 Å². The van der Waals surface area contributed by atoms with Crippen molar-refractivity contribution in [2.75, 3.05) is 26.4 Å². The Bertz CT molecular complexity index is 72.6. The van der Waals surface area contributed by atoms with Gasteiger partial charge in [-0.15, -0.1) is 0 Å². The van der Waals surface area contributed by atoms with E-state index in [2.05, 4.69) is 0 Å². The molecule has 4 heteroatoms. The minimum atomic E-state index is -0.464. The Balaban J connectivity index is 1.98. The highest BCUT2D eigenvalue weighted by molar-refractivity contribution is 4.39. The lowest BCUT2D eigenvalue weighted by Gasteiger charge is -2.07. The summed E-state index contributed by atoms with van der Waals surface area (Å²) in [5.41, 5.74) is 5.17.